The molecule has 22 rings (SSSR count). The van der Waals surface area contributed by atoms with Gasteiger partial charge in [0.05, 0.1) is 16.4 Å². The fourth-order valence-electron chi connectivity index (χ4n) is 22.7. The van der Waals surface area contributed by atoms with Gasteiger partial charge in [-0.05, 0) is 264 Å². The number of para-hydroxylation sites is 3. The Morgan fingerprint density at radius 1 is 0.269 bits per heavy atom. The van der Waals surface area contributed by atoms with Crippen molar-refractivity contribution in [2.45, 2.75) is 175 Å². The van der Waals surface area contributed by atoms with Crippen LogP contribution in [-0.2, 0) is 45.3 Å². The molecule has 2 aliphatic heterocycles. The predicted octanol–water partition coefficient (Wildman–Crippen LogP) is 31.3. The van der Waals surface area contributed by atoms with Gasteiger partial charge in [-0.15, -0.1) is 0 Å². The first-order chi connectivity index (χ1) is 62.6. The third-order valence-electron chi connectivity index (χ3n) is 29.6. The van der Waals surface area contributed by atoms with Gasteiger partial charge in [0.25, 0.3) is 6.71 Å². The molecule has 4 nitrogen and oxygen atoms in total. The van der Waals surface area contributed by atoms with Crippen LogP contribution in [0.5, 0.6) is 0 Å². The van der Waals surface area contributed by atoms with Crippen molar-refractivity contribution in [1.29, 1.82) is 0 Å². The van der Waals surface area contributed by atoms with E-state index in [0.29, 0.717) is 0 Å². The highest BCUT2D eigenvalue weighted by molar-refractivity contribution is 7.00. The number of unbranched alkanes of at least 4 members (excludes halogenated alkanes) is 2. The molecule has 0 saturated carbocycles. The number of anilines is 4. The van der Waals surface area contributed by atoms with E-state index in [1.165, 1.54) is 189 Å². The highest BCUT2D eigenvalue weighted by Crippen LogP contribution is 2.64. The van der Waals surface area contributed by atoms with Crippen molar-refractivity contribution in [3.8, 4) is 83.6 Å². The lowest BCUT2D eigenvalue weighted by Gasteiger charge is -2.45. The van der Waals surface area contributed by atoms with Gasteiger partial charge in [0, 0.05) is 68.6 Å². The van der Waals surface area contributed by atoms with E-state index in [-0.39, 0.29) is 33.8 Å². The van der Waals surface area contributed by atoms with Crippen LogP contribution in [0.1, 0.15) is 191 Å². The molecule has 130 heavy (non-hydrogen) atoms. The molecule has 4 aliphatic rings. The van der Waals surface area contributed by atoms with Crippen LogP contribution in [0.25, 0.3) is 127 Å². The van der Waals surface area contributed by atoms with E-state index in [1.54, 1.807) is 0 Å². The van der Waals surface area contributed by atoms with Gasteiger partial charge in [0.1, 0.15) is 11.2 Å². The molecular formula is C125H116BN3O. The van der Waals surface area contributed by atoms with Crippen molar-refractivity contribution in [3.05, 3.63) is 395 Å². The smallest absolute Gasteiger partial charge is 0.252 e. The van der Waals surface area contributed by atoms with Gasteiger partial charge in [0.15, 0.2) is 0 Å². The molecule has 5 heteroatoms. The fourth-order valence-corrected chi connectivity index (χ4v) is 22.7. The second kappa shape index (κ2) is 31.0. The van der Waals surface area contributed by atoms with Crippen LogP contribution in [0.3, 0.4) is 0 Å². The first-order valence-electron chi connectivity index (χ1n) is 47.6. The molecule has 0 N–H and O–H groups in total. The summed E-state index contributed by atoms with van der Waals surface area (Å²) in [5.41, 5.74) is 46.5. The predicted molar refractivity (Wildman–Crippen MR) is 555 cm³/mol. The molecule has 0 radical (unpaired) electrons. The summed E-state index contributed by atoms with van der Waals surface area (Å²) in [6, 6.07) is 130. The Bertz CT molecular complexity index is 7340. The third kappa shape index (κ3) is 13.7. The largest absolute Gasteiger partial charge is 0.455 e. The normalized spacial score (nSPS) is 13.8. The minimum atomic E-state index is -0.519. The first-order valence-corrected chi connectivity index (χ1v) is 47.6. The van der Waals surface area contributed by atoms with Crippen LogP contribution in [0, 0.1) is 0 Å². The summed E-state index contributed by atoms with van der Waals surface area (Å²) < 4.78 is 9.66. The monoisotopic (exact) mass is 1690 g/mol. The van der Waals surface area contributed by atoms with Crippen molar-refractivity contribution in [2.24, 2.45) is 0 Å². The van der Waals surface area contributed by atoms with Crippen molar-refractivity contribution >= 4 is 89.6 Å². The van der Waals surface area contributed by atoms with Gasteiger partial charge in [-0.25, -0.2) is 0 Å². The Balaban J connectivity index is 0.729. The lowest BCUT2D eigenvalue weighted by molar-refractivity contribution is 0.590. The molecule has 0 fully saturated rings. The number of rotatable bonds is 16. The van der Waals surface area contributed by atoms with Crippen LogP contribution < -0.4 is 26.2 Å². The first kappa shape index (κ1) is 82.5. The van der Waals surface area contributed by atoms with E-state index < -0.39 is 5.41 Å². The van der Waals surface area contributed by atoms with Gasteiger partial charge in [0.2, 0.25) is 0 Å². The maximum atomic E-state index is 7.03. The van der Waals surface area contributed by atoms with E-state index in [0.717, 1.165) is 90.4 Å². The van der Waals surface area contributed by atoms with Crippen LogP contribution in [0.15, 0.2) is 338 Å². The van der Waals surface area contributed by atoms with E-state index in [1.807, 2.05) is 0 Å². The molecule has 0 bridgehead atoms. The number of fused-ring (bicyclic) bond motifs is 20. The summed E-state index contributed by atoms with van der Waals surface area (Å²) in [4.78, 5) is 5.59. The standard InChI is InChI=1S/C125H116BN3O/c1-120(2,3)84-60-51-79(52-61-84)90-39-29-40-91(80-53-62-85(63-54-80)121(4,5)6)95(90)33-17-16-28-71-128-114-76-89(129-111-49-26-21-37-100(111)104-77-103-99-36-20-25-48-107(99)125(108(103)78-113(104)129)105-46-23-18-34-97(105)98-35-19-24-47-106(98)125)68-69-109(114)126-110-73-83(94-43-31-44-102-101-38-22-27-50-117(101)130-119(94)102)59-70-112(110)127(115-74-88(124(13,14)15)75-116(128)118(115)126)72-32-45-96-92(81-55-64-86(65-56-81)122(7,8)9)41-30-42-93(96)82-57-66-87(67-58-82)123(10,11)12/h18-27,29-31,34-44,46-70,73-78H,16-17,28,32-33,45,71-72H2,1-15H3. The highest BCUT2D eigenvalue weighted by Gasteiger charge is 2.52. The van der Waals surface area contributed by atoms with Crippen molar-refractivity contribution in [1.82, 2.24) is 4.57 Å². The number of nitrogens with zero attached hydrogens (tertiary/aromatic N) is 3. The molecule has 18 aromatic rings. The highest BCUT2D eigenvalue weighted by atomic mass is 16.3. The molecule has 1 spiro atoms. The maximum Gasteiger partial charge on any atom is 0.252 e. The van der Waals surface area contributed by atoms with Gasteiger partial charge >= 0.3 is 0 Å². The summed E-state index contributed by atoms with van der Waals surface area (Å²) in [5.74, 6) is 0. The Labute approximate surface area is 769 Å². The van der Waals surface area contributed by atoms with Crippen molar-refractivity contribution in [2.75, 3.05) is 22.9 Å². The van der Waals surface area contributed by atoms with E-state index >= 15 is 0 Å². The summed E-state index contributed by atoms with van der Waals surface area (Å²) in [5, 5.41) is 4.76. The molecule has 4 heterocycles. The lowest BCUT2D eigenvalue weighted by Crippen LogP contribution is -2.62. The van der Waals surface area contributed by atoms with Crippen molar-refractivity contribution < 1.29 is 4.42 Å². The second-order valence-electron chi connectivity index (χ2n) is 42.8. The van der Waals surface area contributed by atoms with Gasteiger partial charge in [-0.2, -0.15) is 0 Å². The van der Waals surface area contributed by atoms with Gasteiger partial charge in [-0.3, -0.25) is 0 Å². The molecule has 0 saturated heterocycles. The second-order valence-corrected chi connectivity index (χ2v) is 42.8. The molecule has 0 amide bonds. The zero-order chi connectivity index (χ0) is 89.2. The number of furan rings is 1. The molecule has 2 aliphatic carbocycles. The van der Waals surface area contributed by atoms with Crippen LogP contribution in [0.4, 0.5) is 22.7 Å². The Kier molecular flexibility index (Phi) is 19.7. The minimum Gasteiger partial charge on any atom is -0.455 e. The van der Waals surface area contributed by atoms with Gasteiger partial charge in [-0.1, -0.05) is 389 Å². The summed E-state index contributed by atoms with van der Waals surface area (Å²) in [6.07, 6.45) is 5.74. The molecule has 16 aromatic carbocycles. The van der Waals surface area contributed by atoms with E-state index in [2.05, 4.69) is 452 Å². The molecular weight excluding hydrogens is 1570 g/mol. The SMILES string of the molecule is CC(C)(C)c1ccc(-c2cccc(-c3ccc(C(C)(C)C)cc3)c2CCCCCN2c3cc(-n4c5ccccc5c5cc6c(cc54)C4(c5ccccc5-c5ccccc54)c4ccccc4-6)ccc3B3c4cc(-c5cccc6c5oc5ccccc56)ccc4N(CCCc4c(-c5ccc(C(C)(C)C)cc5)cccc4-c4ccc(C(C)(C)C)cc4)c4cc(C(C)(C)C)cc2c43)cc1. The van der Waals surface area contributed by atoms with Crippen LogP contribution in [-0.4, -0.2) is 24.4 Å². The molecule has 0 atom stereocenters. The van der Waals surface area contributed by atoms with Crippen LogP contribution in [0.2, 0.25) is 0 Å². The average molecular weight is 1690 g/mol. The number of hydrogen-bond acceptors (Lipinski definition) is 3. The van der Waals surface area contributed by atoms with E-state index in [4.69, 9.17) is 4.42 Å². The summed E-state index contributed by atoms with van der Waals surface area (Å²) in [6.45, 7) is 36.6. The fraction of sp³-hybridized carbons (Fsp3) is 0.232. The van der Waals surface area contributed by atoms with Crippen molar-refractivity contribution in [3.63, 3.8) is 0 Å². The minimum absolute atomic E-state index is 0.0267. The number of hydrogen-bond donors (Lipinski definition) is 0. The van der Waals surface area contributed by atoms with Crippen LogP contribution >= 0.6 is 0 Å². The topological polar surface area (TPSA) is 24.6 Å². The molecule has 640 valence electrons. The average Bonchev–Trinajstić information content (AvgIpc) is 1.48. The Hall–Kier alpha value is -13.2. The summed E-state index contributed by atoms with van der Waals surface area (Å²) in [7, 11) is 0. The lowest BCUT2D eigenvalue weighted by atomic mass is 9.33. The molecule has 0 unspecified atom stereocenters. The molecule has 2 aromatic heterocycles. The summed E-state index contributed by atoms with van der Waals surface area (Å²) >= 11 is 0. The zero-order valence-electron chi connectivity index (χ0n) is 78.2. The Morgan fingerprint density at radius 2 is 0.692 bits per heavy atom. The Morgan fingerprint density at radius 3 is 1.22 bits per heavy atom. The maximum absolute atomic E-state index is 7.03. The number of benzene rings is 16. The quantitative estimate of drug-likeness (QED) is 0.0712. The van der Waals surface area contributed by atoms with E-state index in [9.17, 15) is 0 Å². The zero-order valence-corrected chi connectivity index (χ0v) is 78.2. The third-order valence-corrected chi connectivity index (χ3v) is 29.6. The number of aromatic nitrogens is 1. The van der Waals surface area contributed by atoms with Gasteiger partial charge < -0.3 is 18.8 Å².